The summed E-state index contributed by atoms with van der Waals surface area (Å²) >= 11 is 0. The van der Waals surface area contributed by atoms with Gasteiger partial charge in [0, 0.05) is 0 Å². The largest absolute Gasteiger partial charge is 0.465 e. The van der Waals surface area contributed by atoms with Gasteiger partial charge in [0.1, 0.15) is 0 Å². The fourth-order valence-corrected chi connectivity index (χ4v) is 6.15. The van der Waals surface area contributed by atoms with E-state index in [1.807, 2.05) is 0 Å². The maximum Gasteiger partial charge on any atom is 0.312 e. The highest BCUT2D eigenvalue weighted by Crippen LogP contribution is 2.65. The van der Waals surface area contributed by atoms with Crippen LogP contribution in [0, 0.1) is 34.5 Å². The standard InChI is InChI=1S/C23H36O2/c1-6-15-25-21(24)23-14-13-22(5)12-11-17(4)7-8-19(22)20(23)10-9-18(23)16(2)3/h7-8,11,16,18-20H,6,9-10,12-15H2,1-5H3/t18-,19+,20+,22-,23+/m1/s1. The molecule has 2 fully saturated rings. The molecule has 2 heteroatoms. The van der Waals surface area contributed by atoms with Crippen LogP contribution >= 0.6 is 0 Å². The minimum atomic E-state index is -0.254. The third-order valence-corrected chi connectivity index (χ3v) is 7.54. The Kier molecular flexibility index (Phi) is 5.19. The summed E-state index contributed by atoms with van der Waals surface area (Å²) < 4.78 is 5.80. The lowest BCUT2D eigenvalue weighted by molar-refractivity contribution is -0.171. The number of ether oxygens (including phenoxy) is 1. The van der Waals surface area contributed by atoms with Gasteiger partial charge in [-0.25, -0.2) is 0 Å². The molecule has 0 unspecified atom stereocenters. The zero-order valence-corrected chi connectivity index (χ0v) is 16.8. The molecule has 3 aliphatic rings. The van der Waals surface area contributed by atoms with Gasteiger partial charge in [0.15, 0.2) is 0 Å². The lowest BCUT2D eigenvalue weighted by Gasteiger charge is -2.53. The van der Waals surface area contributed by atoms with E-state index >= 15 is 0 Å². The van der Waals surface area contributed by atoms with Gasteiger partial charge < -0.3 is 4.74 Å². The van der Waals surface area contributed by atoms with Crippen LogP contribution in [0.4, 0.5) is 0 Å². The van der Waals surface area contributed by atoms with E-state index in [9.17, 15) is 4.79 Å². The zero-order valence-electron chi connectivity index (χ0n) is 16.8. The zero-order chi connectivity index (χ0) is 18.2. The molecule has 0 aromatic carbocycles. The molecule has 0 heterocycles. The van der Waals surface area contributed by atoms with E-state index in [0.29, 0.717) is 35.7 Å². The van der Waals surface area contributed by atoms with Crippen LogP contribution in [-0.2, 0) is 9.53 Å². The van der Waals surface area contributed by atoms with Crippen LogP contribution < -0.4 is 0 Å². The van der Waals surface area contributed by atoms with Crippen molar-refractivity contribution in [1.82, 2.24) is 0 Å². The molecule has 0 aromatic heterocycles. The van der Waals surface area contributed by atoms with Gasteiger partial charge in [-0.1, -0.05) is 51.5 Å². The van der Waals surface area contributed by atoms with Crippen molar-refractivity contribution in [2.45, 2.75) is 73.1 Å². The predicted molar refractivity (Wildman–Crippen MR) is 103 cm³/mol. The first kappa shape index (κ1) is 18.7. The molecule has 25 heavy (non-hydrogen) atoms. The summed E-state index contributed by atoms with van der Waals surface area (Å²) in [6, 6.07) is 0. The van der Waals surface area contributed by atoms with Crippen molar-refractivity contribution in [3.05, 3.63) is 23.8 Å². The van der Waals surface area contributed by atoms with Gasteiger partial charge in [-0.05, 0) is 74.5 Å². The monoisotopic (exact) mass is 344 g/mol. The average Bonchev–Trinajstić information content (AvgIpc) is 2.90. The molecule has 5 atom stereocenters. The second-order valence-corrected chi connectivity index (χ2v) is 9.40. The second-order valence-electron chi connectivity index (χ2n) is 9.40. The van der Waals surface area contributed by atoms with Gasteiger partial charge in [-0.2, -0.15) is 0 Å². The summed E-state index contributed by atoms with van der Waals surface area (Å²) in [4.78, 5) is 13.3. The summed E-state index contributed by atoms with van der Waals surface area (Å²) in [7, 11) is 0. The van der Waals surface area contributed by atoms with Crippen LogP contribution in [0.2, 0.25) is 0 Å². The Labute approximate surface area is 154 Å². The van der Waals surface area contributed by atoms with Crippen molar-refractivity contribution in [2.24, 2.45) is 34.5 Å². The highest BCUT2D eigenvalue weighted by atomic mass is 16.5. The minimum absolute atomic E-state index is 0.111. The van der Waals surface area contributed by atoms with Crippen molar-refractivity contribution >= 4 is 5.97 Å². The number of carbonyl (C=O) groups is 1. The van der Waals surface area contributed by atoms with E-state index in [-0.39, 0.29) is 11.4 Å². The molecule has 140 valence electrons. The lowest BCUT2D eigenvalue weighted by Crippen LogP contribution is -2.52. The van der Waals surface area contributed by atoms with Gasteiger partial charge in [0.2, 0.25) is 0 Å². The van der Waals surface area contributed by atoms with Crippen molar-refractivity contribution in [1.29, 1.82) is 0 Å². The fraction of sp³-hybridized carbons (Fsp3) is 0.783. The Balaban J connectivity index is 2.00. The molecular weight excluding hydrogens is 308 g/mol. The van der Waals surface area contributed by atoms with Gasteiger partial charge in [-0.15, -0.1) is 0 Å². The molecule has 3 aliphatic carbocycles. The van der Waals surface area contributed by atoms with Crippen LogP contribution in [0.25, 0.3) is 0 Å². The maximum absolute atomic E-state index is 13.3. The van der Waals surface area contributed by atoms with E-state index in [0.717, 1.165) is 25.7 Å². The van der Waals surface area contributed by atoms with Crippen molar-refractivity contribution in [3.63, 3.8) is 0 Å². The maximum atomic E-state index is 13.3. The van der Waals surface area contributed by atoms with Crippen LogP contribution in [0.1, 0.15) is 73.1 Å². The second kappa shape index (κ2) is 6.93. The van der Waals surface area contributed by atoms with Crippen molar-refractivity contribution in [2.75, 3.05) is 6.61 Å². The number of esters is 1. The SMILES string of the molecule is CCCOC(=O)[C@]12CC[C@@]3(C)CC=C(C)C=C[C@H]3[C@@H]1CC[C@@H]2C(C)C. The highest BCUT2D eigenvalue weighted by molar-refractivity contribution is 5.78. The fourth-order valence-electron chi connectivity index (χ4n) is 6.15. The quantitative estimate of drug-likeness (QED) is 0.591. The first-order valence-electron chi connectivity index (χ1n) is 10.4. The van der Waals surface area contributed by atoms with Gasteiger partial charge in [0.05, 0.1) is 12.0 Å². The van der Waals surface area contributed by atoms with E-state index in [2.05, 4.69) is 52.8 Å². The molecule has 0 aromatic rings. The number of hydrogen-bond acceptors (Lipinski definition) is 2. The molecule has 0 N–H and O–H groups in total. The summed E-state index contributed by atoms with van der Waals surface area (Å²) in [5.74, 6) is 2.06. The number of hydrogen-bond donors (Lipinski definition) is 0. The van der Waals surface area contributed by atoms with Crippen LogP contribution in [0.3, 0.4) is 0 Å². The predicted octanol–water partition coefficient (Wildman–Crippen LogP) is 5.93. The van der Waals surface area contributed by atoms with Gasteiger partial charge in [-0.3, -0.25) is 4.79 Å². The van der Waals surface area contributed by atoms with Crippen LogP contribution in [0.15, 0.2) is 23.8 Å². The molecule has 0 radical (unpaired) electrons. The smallest absolute Gasteiger partial charge is 0.312 e. The molecule has 0 aliphatic heterocycles. The number of carbonyl (C=O) groups excluding carboxylic acids is 1. The Bertz CT molecular complexity index is 573. The molecule has 2 saturated carbocycles. The minimum Gasteiger partial charge on any atom is -0.465 e. The third-order valence-electron chi connectivity index (χ3n) is 7.54. The summed E-state index contributed by atoms with van der Waals surface area (Å²) in [5.41, 5.74) is 1.41. The topological polar surface area (TPSA) is 26.3 Å². The van der Waals surface area contributed by atoms with Gasteiger partial charge in [0.25, 0.3) is 0 Å². The van der Waals surface area contributed by atoms with E-state index in [1.54, 1.807) is 0 Å². The summed E-state index contributed by atoms with van der Waals surface area (Å²) in [6.07, 6.45) is 13.7. The van der Waals surface area contributed by atoms with E-state index in [4.69, 9.17) is 4.74 Å². The summed E-state index contributed by atoms with van der Waals surface area (Å²) in [5, 5.41) is 0. The molecule has 0 bridgehead atoms. The van der Waals surface area contributed by atoms with Crippen LogP contribution in [0.5, 0.6) is 0 Å². The number of rotatable bonds is 4. The normalized spacial score (nSPS) is 40.2. The summed E-state index contributed by atoms with van der Waals surface area (Å²) in [6.45, 7) is 11.9. The molecule has 0 spiro atoms. The first-order chi connectivity index (χ1) is 11.8. The molecule has 3 rings (SSSR count). The molecule has 0 saturated heterocycles. The van der Waals surface area contributed by atoms with E-state index in [1.165, 1.54) is 18.4 Å². The third kappa shape index (κ3) is 3.00. The van der Waals surface area contributed by atoms with Gasteiger partial charge >= 0.3 is 5.97 Å². The molecule has 2 nitrogen and oxygen atoms in total. The van der Waals surface area contributed by atoms with Crippen molar-refractivity contribution < 1.29 is 9.53 Å². The lowest BCUT2D eigenvalue weighted by atomic mass is 9.50. The highest BCUT2D eigenvalue weighted by Gasteiger charge is 2.63. The number of fused-ring (bicyclic) bond motifs is 3. The molecular formula is C23H36O2. The molecule has 0 amide bonds. The Morgan fingerprint density at radius 3 is 2.76 bits per heavy atom. The van der Waals surface area contributed by atoms with E-state index < -0.39 is 0 Å². The Morgan fingerprint density at radius 1 is 1.32 bits per heavy atom. The van der Waals surface area contributed by atoms with Crippen molar-refractivity contribution in [3.8, 4) is 0 Å². The average molecular weight is 345 g/mol. The first-order valence-corrected chi connectivity index (χ1v) is 10.4. The Hall–Kier alpha value is -1.05. The Morgan fingerprint density at radius 2 is 2.08 bits per heavy atom. The van der Waals surface area contributed by atoms with Crippen LogP contribution in [-0.4, -0.2) is 12.6 Å². The number of allylic oxidation sites excluding steroid dienone is 4.